The fourth-order valence-electron chi connectivity index (χ4n) is 2.31. The molecule has 3 N–H and O–H groups in total. The van der Waals surface area contributed by atoms with Crippen molar-refractivity contribution in [3.63, 3.8) is 0 Å². The van der Waals surface area contributed by atoms with E-state index in [0.717, 1.165) is 0 Å². The van der Waals surface area contributed by atoms with Crippen molar-refractivity contribution in [1.82, 2.24) is 15.4 Å². The summed E-state index contributed by atoms with van der Waals surface area (Å²) in [5.41, 5.74) is 4.98. The van der Waals surface area contributed by atoms with Crippen molar-refractivity contribution in [3.05, 3.63) is 11.9 Å². The predicted octanol–water partition coefficient (Wildman–Crippen LogP) is 2.28. The predicted molar refractivity (Wildman–Crippen MR) is 80.0 cm³/mol. The summed E-state index contributed by atoms with van der Waals surface area (Å²) < 4.78 is 11.6. The summed E-state index contributed by atoms with van der Waals surface area (Å²) in [6, 6.07) is 0. The Hall–Kier alpha value is -1.41. The molecule has 21 heavy (non-hydrogen) atoms. The molecule has 1 aromatic heterocycles. The molecule has 7 nitrogen and oxygen atoms in total. The van der Waals surface area contributed by atoms with Gasteiger partial charge in [0.15, 0.2) is 13.9 Å². The Bertz CT molecular complexity index is 504. The molecule has 0 saturated heterocycles. The van der Waals surface area contributed by atoms with Crippen LogP contribution in [0, 0.1) is 0 Å². The van der Waals surface area contributed by atoms with Gasteiger partial charge in [0.05, 0.1) is 12.3 Å². The largest absolute Gasteiger partial charge is 0.436 e. The van der Waals surface area contributed by atoms with E-state index in [0.29, 0.717) is 18.5 Å². The lowest BCUT2D eigenvalue weighted by Crippen LogP contribution is -2.55. The number of H-pyrrole nitrogens is 1. The van der Waals surface area contributed by atoms with Gasteiger partial charge in [0.25, 0.3) is 0 Å². The summed E-state index contributed by atoms with van der Waals surface area (Å²) in [4.78, 5) is 11.2. The maximum absolute atomic E-state index is 11.2. The molecule has 1 aliphatic rings. The minimum atomic E-state index is -1.84. The van der Waals surface area contributed by atoms with E-state index >= 15 is 0 Å². The Labute approximate surface area is 125 Å². The second-order valence-electron chi connectivity index (χ2n) is 7.18. The molecule has 0 bridgehead atoms. The van der Waals surface area contributed by atoms with Crippen LogP contribution in [0.25, 0.3) is 0 Å². The van der Waals surface area contributed by atoms with Gasteiger partial charge in [0, 0.05) is 12.8 Å². The van der Waals surface area contributed by atoms with Gasteiger partial charge in [-0.2, -0.15) is 15.4 Å². The van der Waals surface area contributed by atoms with Gasteiger partial charge < -0.3 is 14.9 Å². The van der Waals surface area contributed by atoms with Crippen LogP contribution in [-0.4, -0.2) is 35.9 Å². The van der Waals surface area contributed by atoms with Crippen LogP contribution in [0.4, 0.5) is 4.79 Å². The number of aromatic amines is 1. The van der Waals surface area contributed by atoms with Gasteiger partial charge >= 0.3 is 6.09 Å². The van der Waals surface area contributed by atoms with E-state index in [2.05, 4.69) is 49.3 Å². The van der Waals surface area contributed by atoms with Gasteiger partial charge in [-0.25, -0.2) is 4.79 Å². The second kappa shape index (κ2) is 5.10. The number of carbonyl (C=O) groups is 1. The first-order chi connectivity index (χ1) is 9.56. The Morgan fingerprint density at radius 2 is 2.10 bits per heavy atom. The zero-order valence-electron chi connectivity index (χ0n) is 13.3. The summed E-state index contributed by atoms with van der Waals surface area (Å²) in [6.45, 7) is 11.0. The van der Waals surface area contributed by atoms with E-state index in [1.54, 1.807) is 6.20 Å². The highest BCUT2D eigenvalue weighted by molar-refractivity contribution is 6.74. The van der Waals surface area contributed by atoms with Crippen LogP contribution in [0.1, 0.15) is 39.3 Å². The van der Waals surface area contributed by atoms with Crippen molar-refractivity contribution in [3.8, 4) is 0 Å². The van der Waals surface area contributed by atoms with Crippen LogP contribution >= 0.6 is 0 Å². The molecule has 118 valence electrons. The fourth-order valence-corrected chi connectivity index (χ4v) is 3.66. The SMILES string of the molecule is CC(C)(C)[Si](C)(C)OC1CC(OC(N)=O)(c2cn[nH]n2)C1. The van der Waals surface area contributed by atoms with Crippen molar-refractivity contribution < 1.29 is 14.0 Å². The lowest BCUT2D eigenvalue weighted by molar-refractivity contribution is -0.118. The monoisotopic (exact) mass is 312 g/mol. The van der Waals surface area contributed by atoms with Gasteiger partial charge in [0.1, 0.15) is 5.69 Å². The molecule has 1 fully saturated rings. The van der Waals surface area contributed by atoms with Crippen LogP contribution in [0.15, 0.2) is 6.20 Å². The van der Waals surface area contributed by atoms with Crippen molar-refractivity contribution in [2.24, 2.45) is 5.73 Å². The van der Waals surface area contributed by atoms with Crippen LogP contribution in [0.5, 0.6) is 0 Å². The molecule has 0 radical (unpaired) electrons. The number of primary amides is 1. The fraction of sp³-hybridized carbons (Fsp3) is 0.769. The molecule has 1 amide bonds. The van der Waals surface area contributed by atoms with E-state index in [4.69, 9.17) is 14.9 Å². The van der Waals surface area contributed by atoms with Crippen molar-refractivity contribution in [1.29, 1.82) is 0 Å². The van der Waals surface area contributed by atoms with Crippen LogP contribution in [0.2, 0.25) is 18.1 Å². The number of carbonyl (C=O) groups excluding carboxylic acids is 1. The number of amides is 1. The molecular formula is C13H24N4O3Si. The molecule has 8 heteroatoms. The molecule has 0 spiro atoms. The molecule has 2 rings (SSSR count). The number of nitrogens with one attached hydrogen (secondary N) is 1. The highest BCUT2D eigenvalue weighted by atomic mass is 28.4. The first-order valence-electron chi connectivity index (χ1n) is 7.08. The summed E-state index contributed by atoms with van der Waals surface area (Å²) >= 11 is 0. The van der Waals surface area contributed by atoms with Gasteiger partial charge in [-0.3, -0.25) is 0 Å². The molecule has 1 aromatic rings. The third-order valence-electron chi connectivity index (χ3n) is 4.56. The lowest BCUT2D eigenvalue weighted by Gasteiger charge is -2.49. The quantitative estimate of drug-likeness (QED) is 0.830. The summed E-state index contributed by atoms with van der Waals surface area (Å²) in [6.07, 6.45) is 1.95. The Morgan fingerprint density at radius 3 is 2.52 bits per heavy atom. The first-order valence-corrected chi connectivity index (χ1v) is 9.99. The van der Waals surface area contributed by atoms with Gasteiger partial charge in [0.2, 0.25) is 0 Å². The Morgan fingerprint density at radius 1 is 1.48 bits per heavy atom. The van der Waals surface area contributed by atoms with Crippen LogP contribution in [-0.2, 0) is 14.8 Å². The Kier molecular flexibility index (Phi) is 3.87. The third kappa shape index (κ3) is 3.10. The number of nitrogens with zero attached hydrogens (tertiary/aromatic N) is 2. The first kappa shape index (κ1) is 16.0. The second-order valence-corrected chi connectivity index (χ2v) is 11.9. The minimum absolute atomic E-state index is 0.0574. The molecule has 1 heterocycles. The molecule has 0 atom stereocenters. The van der Waals surface area contributed by atoms with Crippen molar-refractivity contribution >= 4 is 14.4 Å². The zero-order chi connectivity index (χ0) is 15.9. The number of ether oxygens (including phenoxy) is 1. The summed E-state index contributed by atoms with van der Waals surface area (Å²) in [5, 5.41) is 10.5. The maximum Gasteiger partial charge on any atom is 0.405 e. The standard InChI is InChI=1S/C13H24N4O3Si/c1-12(2,3)21(4,5)20-9-6-13(7-9,19-11(14)18)10-8-15-17-16-10/h8-9H,6-7H2,1-5H3,(H2,14,18)(H,15,16,17). The van der Waals surface area contributed by atoms with E-state index in [1.165, 1.54) is 0 Å². The lowest BCUT2D eigenvalue weighted by atomic mass is 9.75. The maximum atomic E-state index is 11.2. The third-order valence-corrected chi connectivity index (χ3v) is 9.10. The summed E-state index contributed by atoms with van der Waals surface area (Å²) in [7, 11) is -1.84. The number of rotatable bonds is 4. The normalized spacial score (nSPS) is 26.2. The highest BCUT2D eigenvalue weighted by Crippen LogP contribution is 2.48. The molecule has 0 aliphatic heterocycles. The van der Waals surface area contributed by atoms with Crippen LogP contribution in [0.3, 0.4) is 0 Å². The van der Waals surface area contributed by atoms with E-state index < -0.39 is 20.0 Å². The summed E-state index contributed by atoms with van der Waals surface area (Å²) in [5.74, 6) is 0. The highest BCUT2D eigenvalue weighted by Gasteiger charge is 2.54. The van der Waals surface area contributed by atoms with E-state index in [-0.39, 0.29) is 11.1 Å². The zero-order valence-corrected chi connectivity index (χ0v) is 14.3. The topological polar surface area (TPSA) is 103 Å². The number of hydrogen-bond acceptors (Lipinski definition) is 5. The van der Waals surface area contributed by atoms with Gasteiger partial charge in [-0.15, -0.1) is 0 Å². The van der Waals surface area contributed by atoms with Gasteiger partial charge in [-0.05, 0) is 18.1 Å². The van der Waals surface area contributed by atoms with Crippen LogP contribution < -0.4 is 5.73 Å². The molecule has 0 unspecified atom stereocenters. The van der Waals surface area contributed by atoms with E-state index in [9.17, 15) is 4.79 Å². The van der Waals surface area contributed by atoms with Crippen molar-refractivity contribution in [2.45, 2.75) is 63.5 Å². The average Bonchev–Trinajstić information content (AvgIpc) is 2.76. The average molecular weight is 312 g/mol. The Balaban J connectivity index is 2.06. The molecule has 1 saturated carbocycles. The number of aromatic nitrogens is 3. The molecule has 1 aliphatic carbocycles. The van der Waals surface area contributed by atoms with E-state index in [1.807, 2.05) is 0 Å². The van der Waals surface area contributed by atoms with Gasteiger partial charge in [-0.1, -0.05) is 20.8 Å². The molecule has 0 aromatic carbocycles. The smallest absolute Gasteiger partial charge is 0.405 e. The number of hydrogen-bond donors (Lipinski definition) is 2. The minimum Gasteiger partial charge on any atom is -0.436 e. The molecular weight excluding hydrogens is 288 g/mol. The number of nitrogens with two attached hydrogens (primary N) is 1. The van der Waals surface area contributed by atoms with Crippen molar-refractivity contribution in [2.75, 3.05) is 0 Å².